The van der Waals surface area contributed by atoms with E-state index in [4.69, 9.17) is 4.74 Å². The fourth-order valence-corrected chi connectivity index (χ4v) is 2.23. The summed E-state index contributed by atoms with van der Waals surface area (Å²) in [5, 5.41) is 0. The predicted octanol–water partition coefficient (Wildman–Crippen LogP) is 2.28. The van der Waals surface area contributed by atoms with Gasteiger partial charge in [-0.25, -0.2) is 0 Å². The number of rotatable bonds is 4. The van der Waals surface area contributed by atoms with Gasteiger partial charge in [0, 0.05) is 18.7 Å². The van der Waals surface area contributed by atoms with Crippen molar-refractivity contribution >= 4 is 12.2 Å². The first-order chi connectivity index (χ1) is 9.29. The number of carbonyl (C=O) groups excluding carboxylic acids is 2. The molecule has 1 amide bonds. The predicted molar refractivity (Wildman–Crippen MR) is 72.4 cm³/mol. The minimum atomic E-state index is 0.0263. The van der Waals surface area contributed by atoms with Gasteiger partial charge < -0.3 is 9.64 Å². The Kier molecular flexibility index (Phi) is 4.95. The summed E-state index contributed by atoms with van der Waals surface area (Å²) in [5.41, 5.74) is 0.555. The Bertz CT molecular complexity index is 437. The minimum absolute atomic E-state index is 0.0263. The summed E-state index contributed by atoms with van der Waals surface area (Å²) in [6, 6.07) is 6.84. The smallest absolute Gasteiger partial charge is 0.260 e. The van der Waals surface area contributed by atoms with Gasteiger partial charge in [-0.15, -0.1) is 0 Å². The number of hydrogen-bond donors (Lipinski definition) is 0. The van der Waals surface area contributed by atoms with Crippen molar-refractivity contribution in [1.29, 1.82) is 0 Å². The lowest BCUT2D eigenvalue weighted by Crippen LogP contribution is -2.35. The number of nitrogens with zero attached hydrogens (tertiary/aromatic N) is 1. The van der Waals surface area contributed by atoms with E-state index in [1.807, 2.05) is 4.90 Å². The topological polar surface area (TPSA) is 46.6 Å². The SMILES string of the molecule is O=Cc1cccc(OCC(=O)N2CCCCCC2)c1. The fourth-order valence-electron chi connectivity index (χ4n) is 2.23. The van der Waals surface area contributed by atoms with E-state index in [9.17, 15) is 9.59 Å². The van der Waals surface area contributed by atoms with Crippen LogP contribution in [0.25, 0.3) is 0 Å². The normalized spacial score (nSPS) is 15.7. The van der Waals surface area contributed by atoms with Gasteiger partial charge in [-0.3, -0.25) is 9.59 Å². The zero-order valence-corrected chi connectivity index (χ0v) is 11.0. The number of ether oxygens (including phenoxy) is 1. The number of benzene rings is 1. The summed E-state index contributed by atoms with van der Waals surface area (Å²) in [4.78, 5) is 24.5. The van der Waals surface area contributed by atoms with Crippen molar-refractivity contribution in [3.8, 4) is 5.75 Å². The quantitative estimate of drug-likeness (QED) is 0.781. The highest BCUT2D eigenvalue weighted by Gasteiger charge is 2.15. The highest BCUT2D eigenvalue weighted by Crippen LogP contribution is 2.13. The van der Waals surface area contributed by atoms with Crippen LogP contribution in [0.2, 0.25) is 0 Å². The first-order valence-corrected chi connectivity index (χ1v) is 6.75. The van der Waals surface area contributed by atoms with Crippen molar-refractivity contribution in [3.63, 3.8) is 0 Å². The highest BCUT2D eigenvalue weighted by atomic mass is 16.5. The molecule has 0 atom stereocenters. The van der Waals surface area contributed by atoms with Crippen LogP contribution >= 0.6 is 0 Å². The van der Waals surface area contributed by atoms with Crippen LogP contribution in [-0.4, -0.2) is 36.8 Å². The molecule has 0 N–H and O–H groups in total. The molecule has 2 rings (SSSR count). The Morgan fingerprint density at radius 3 is 2.63 bits per heavy atom. The molecule has 0 spiro atoms. The van der Waals surface area contributed by atoms with Crippen LogP contribution in [0.5, 0.6) is 5.75 Å². The van der Waals surface area contributed by atoms with Crippen molar-refractivity contribution in [3.05, 3.63) is 29.8 Å². The summed E-state index contributed by atoms with van der Waals surface area (Å²) >= 11 is 0. The lowest BCUT2D eigenvalue weighted by molar-refractivity contribution is -0.133. The van der Waals surface area contributed by atoms with Crippen LogP contribution in [0.1, 0.15) is 36.0 Å². The van der Waals surface area contributed by atoms with E-state index in [1.165, 1.54) is 12.8 Å². The van der Waals surface area contributed by atoms with E-state index < -0.39 is 0 Å². The molecule has 1 saturated heterocycles. The lowest BCUT2D eigenvalue weighted by Gasteiger charge is -2.20. The van der Waals surface area contributed by atoms with E-state index in [2.05, 4.69) is 0 Å². The van der Waals surface area contributed by atoms with Crippen molar-refractivity contribution in [2.75, 3.05) is 19.7 Å². The number of amides is 1. The van der Waals surface area contributed by atoms with Crippen LogP contribution in [0.15, 0.2) is 24.3 Å². The van der Waals surface area contributed by atoms with Gasteiger partial charge in [0.1, 0.15) is 12.0 Å². The summed E-state index contributed by atoms with van der Waals surface area (Å²) in [5.74, 6) is 0.589. The van der Waals surface area contributed by atoms with Gasteiger partial charge in [0.25, 0.3) is 5.91 Å². The molecule has 0 saturated carbocycles. The van der Waals surface area contributed by atoms with E-state index >= 15 is 0 Å². The zero-order chi connectivity index (χ0) is 13.5. The molecular formula is C15H19NO3. The summed E-state index contributed by atoms with van der Waals surface area (Å²) < 4.78 is 5.45. The second-order valence-corrected chi connectivity index (χ2v) is 4.77. The molecule has 4 heteroatoms. The maximum Gasteiger partial charge on any atom is 0.260 e. The monoisotopic (exact) mass is 261 g/mol. The van der Waals surface area contributed by atoms with E-state index in [1.54, 1.807) is 24.3 Å². The zero-order valence-electron chi connectivity index (χ0n) is 11.0. The number of carbonyl (C=O) groups is 2. The second-order valence-electron chi connectivity index (χ2n) is 4.77. The van der Waals surface area contributed by atoms with E-state index in [0.29, 0.717) is 11.3 Å². The number of likely N-dealkylation sites (tertiary alicyclic amines) is 1. The third-order valence-corrected chi connectivity index (χ3v) is 3.32. The van der Waals surface area contributed by atoms with Crippen molar-refractivity contribution in [1.82, 2.24) is 4.90 Å². The van der Waals surface area contributed by atoms with Crippen LogP contribution in [0.4, 0.5) is 0 Å². The van der Waals surface area contributed by atoms with Gasteiger partial charge >= 0.3 is 0 Å². The molecule has 1 aliphatic heterocycles. The Labute approximate surface area is 113 Å². The van der Waals surface area contributed by atoms with Gasteiger partial charge in [-0.05, 0) is 25.0 Å². The van der Waals surface area contributed by atoms with E-state index in [-0.39, 0.29) is 12.5 Å². The Morgan fingerprint density at radius 1 is 1.21 bits per heavy atom. The minimum Gasteiger partial charge on any atom is -0.484 e. The Hall–Kier alpha value is -1.84. The highest BCUT2D eigenvalue weighted by molar-refractivity contribution is 5.78. The van der Waals surface area contributed by atoms with E-state index in [0.717, 1.165) is 32.2 Å². The van der Waals surface area contributed by atoms with Gasteiger partial charge in [-0.2, -0.15) is 0 Å². The third kappa shape index (κ3) is 4.09. The Morgan fingerprint density at radius 2 is 1.95 bits per heavy atom. The Balaban J connectivity index is 1.86. The molecule has 0 bridgehead atoms. The van der Waals surface area contributed by atoms with Crippen molar-refractivity contribution in [2.45, 2.75) is 25.7 Å². The molecule has 1 aliphatic rings. The molecule has 1 heterocycles. The van der Waals surface area contributed by atoms with Crippen LogP contribution in [0, 0.1) is 0 Å². The summed E-state index contributed by atoms with van der Waals surface area (Å²) in [6.45, 7) is 1.70. The number of aldehydes is 1. The molecule has 4 nitrogen and oxygen atoms in total. The molecule has 0 aliphatic carbocycles. The molecule has 1 aromatic rings. The molecular weight excluding hydrogens is 242 g/mol. The maximum absolute atomic E-state index is 12.0. The van der Waals surface area contributed by atoms with Crippen LogP contribution in [-0.2, 0) is 4.79 Å². The third-order valence-electron chi connectivity index (χ3n) is 3.32. The summed E-state index contributed by atoms with van der Waals surface area (Å²) in [6.07, 6.45) is 5.32. The van der Waals surface area contributed by atoms with Crippen molar-refractivity contribution in [2.24, 2.45) is 0 Å². The molecule has 102 valence electrons. The maximum atomic E-state index is 12.0. The first-order valence-electron chi connectivity index (χ1n) is 6.75. The summed E-state index contributed by atoms with van der Waals surface area (Å²) in [7, 11) is 0. The molecule has 0 aromatic heterocycles. The second kappa shape index (κ2) is 6.92. The molecule has 19 heavy (non-hydrogen) atoms. The molecule has 1 aromatic carbocycles. The average molecular weight is 261 g/mol. The molecule has 0 unspecified atom stereocenters. The van der Waals surface area contributed by atoms with Gasteiger partial charge in [0.2, 0.25) is 0 Å². The largest absolute Gasteiger partial charge is 0.484 e. The van der Waals surface area contributed by atoms with Gasteiger partial charge in [0.05, 0.1) is 0 Å². The van der Waals surface area contributed by atoms with Crippen LogP contribution in [0.3, 0.4) is 0 Å². The van der Waals surface area contributed by atoms with Crippen LogP contribution < -0.4 is 4.74 Å². The number of hydrogen-bond acceptors (Lipinski definition) is 3. The average Bonchev–Trinajstić information content (AvgIpc) is 2.74. The van der Waals surface area contributed by atoms with Gasteiger partial charge in [0.15, 0.2) is 6.61 Å². The van der Waals surface area contributed by atoms with Crippen molar-refractivity contribution < 1.29 is 14.3 Å². The molecule has 0 radical (unpaired) electrons. The molecule has 1 fully saturated rings. The standard InChI is InChI=1S/C15H19NO3/c17-11-13-6-5-7-14(10-13)19-12-15(18)16-8-3-1-2-4-9-16/h5-7,10-11H,1-4,8-9,12H2. The fraction of sp³-hybridized carbons (Fsp3) is 0.467. The first kappa shape index (κ1) is 13.6. The van der Waals surface area contributed by atoms with Gasteiger partial charge in [-0.1, -0.05) is 25.0 Å². The lowest BCUT2D eigenvalue weighted by atomic mass is 10.2.